The maximum absolute atomic E-state index is 13.2. The first kappa shape index (κ1) is 25.5. The summed E-state index contributed by atoms with van der Waals surface area (Å²) < 4.78 is 16.5. The van der Waals surface area contributed by atoms with Crippen LogP contribution in [0.5, 0.6) is 11.5 Å². The molecule has 2 aromatic rings. The molecule has 36 heavy (non-hydrogen) atoms. The van der Waals surface area contributed by atoms with Gasteiger partial charge >= 0.3 is 12.0 Å². The van der Waals surface area contributed by atoms with Gasteiger partial charge in [-0.2, -0.15) is 0 Å². The fourth-order valence-corrected chi connectivity index (χ4v) is 4.74. The van der Waals surface area contributed by atoms with Gasteiger partial charge in [-0.1, -0.05) is 42.5 Å². The van der Waals surface area contributed by atoms with Crippen molar-refractivity contribution in [2.24, 2.45) is 0 Å². The van der Waals surface area contributed by atoms with E-state index in [1.165, 1.54) is 12.7 Å². The zero-order valence-electron chi connectivity index (χ0n) is 21.1. The summed E-state index contributed by atoms with van der Waals surface area (Å²) in [5, 5.41) is 5.75. The molecule has 0 saturated carbocycles. The first-order valence-corrected chi connectivity index (χ1v) is 12.2. The molecule has 1 fully saturated rings. The number of nitrogens with one attached hydrogen (secondary N) is 2. The van der Waals surface area contributed by atoms with E-state index in [0.717, 1.165) is 32.7 Å². The fourth-order valence-electron chi connectivity index (χ4n) is 4.74. The summed E-state index contributed by atoms with van der Waals surface area (Å²) in [4.78, 5) is 30.6. The van der Waals surface area contributed by atoms with Gasteiger partial charge in [0, 0.05) is 50.5 Å². The van der Waals surface area contributed by atoms with Crippen molar-refractivity contribution in [2.75, 3.05) is 53.6 Å². The lowest BCUT2D eigenvalue weighted by Gasteiger charge is -2.37. The molecular weight excluding hydrogens is 460 g/mol. The van der Waals surface area contributed by atoms with Gasteiger partial charge in [0.05, 0.1) is 32.4 Å². The van der Waals surface area contributed by atoms with Crippen LogP contribution in [0.3, 0.4) is 0 Å². The van der Waals surface area contributed by atoms with E-state index in [9.17, 15) is 9.59 Å². The van der Waals surface area contributed by atoms with Crippen LogP contribution in [0.2, 0.25) is 0 Å². The smallest absolute Gasteiger partial charge is 0.338 e. The number of ether oxygens (including phenoxy) is 3. The minimum absolute atomic E-state index is 0.226. The molecule has 0 radical (unpaired) electrons. The standard InChI is InChI=1S/C27H34N4O5/c1-4-36-26(32)23-21(18-31-15-13-30(14-16-31)17-19-9-6-5-7-10-19)28-27(33)29-24(23)20-11-8-12-22(34-2)25(20)35-3/h5-12,24H,4,13-18H2,1-3H3,(H2,28,29,33)/t24-/m1/s1. The molecule has 0 aliphatic carbocycles. The Labute approximate surface area is 212 Å². The number of urea groups is 1. The fraction of sp³-hybridized carbons (Fsp3) is 0.407. The Morgan fingerprint density at radius 1 is 0.944 bits per heavy atom. The van der Waals surface area contributed by atoms with E-state index in [4.69, 9.17) is 14.2 Å². The van der Waals surface area contributed by atoms with E-state index < -0.39 is 12.0 Å². The van der Waals surface area contributed by atoms with Crippen LogP contribution in [0, 0.1) is 0 Å². The lowest BCUT2D eigenvalue weighted by molar-refractivity contribution is -0.139. The minimum atomic E-state index is -0.739. The van der Waals surface area contributed by atoms with Crippen molar-refractivity contribution in [3.05, 3.63) is 70.9 Å². The zero-order chi connectivity index (χ0) is 25.5. The predicted molar refractivity (Wildman–Crippen MR) is 136 cm³/mol. The number of amides is 2. The number of carbonyl (C=O) groups excluding carboxylic acids is 2. The number of nitrogens with zero attached hydrogens (tertiary/aromatic N) is 2. The van der Waals surface area contributed by atoms with Crippen molar-refractivity contribution in [1.29, 1.82) is 0 Å². The summed E-state index contributed by atoms with van der Waals surface area (Å²) in [5.74, 6) is 0.502. The number of carbonyl (C=O) groups is 2. The van der Waals surface area contributed by atoms with Crippen molar-refractivity contribution in [2.45, 2.75) is 19.5 Å². The molecule has 4 rings (SSSR count). The van der Waals surface area contributed by atoms with Crippen molar-refractivity contribution in [1.82, 2.24) is 20.4 Å². The summed E-state index contributed by atoms with van der Waals surface area (Å²) in [6, 6.07) is 14.7. The first-order valence-electron chi connectivity index (χ1n) is 12.2. The van der Waals surface area contributed by atoms with Gasteiger partial charge in [0.2, 0.25) is 0 Å². The Hall–Kier alpha value is -3.56. The summed E-state index contributed by atoms with van der Waals surface area (Å²) in [5.41, 5.74) is 2.83. The largest absolute Gasteiger partial charge is 0.493 e. The summed E-state index contributed by atoms with van der Waals surface area (Å²) in [6.07, 6.45) is 0. The molecule has 192 valence electrons. The third-order valence-electron chi connectivity index (χ3n) is 6.49. The van der Waals surface area contributed by atoms with Crippen molar-refractivity contribution in [3.8, 4) is 11.5 Å². The molecule has 2 N–H and O–H groups in total. The molecule has 1 atom stereocenters. The van der Waals surface area contributed by atoms with Crippen LogP contribution < -0.4 is 20.1 Å². The van der Waals surface area contributed by atoms with E-state index in [2.05, 4.69) is 44.7 Å². The predicted octanol–water partition coefficient (Wildman–Crippen LogP) is 2.69. The van der Waals surface area contributed by atoms with Crippen LogP contribution in [-0.4, -0.2) is 75.4 Å². The lowest BCUT2D eigenvalue weighted by Crippen LogP contribution is -2.51. The molecule has 0 aromatic heterocycles. The molecule has 9 heteroatoms. The second-order valence-electron chi connectivity index (χ2n) is 8.76. The topological polar surface area (TPSA) is 92.4 Å². The molecule has 1 saturated heterocycles. The second-order valence-corrected chi connectivity index (χ2v) is 8.76. The highest BCUT2D eigenvalue weighted by Crippen LogP contribution is 2.39. The lowest BCUT2D eigenvalue weighted by atomic mass is 9.93. The normalized spacial score (nSPS) is 18.9. The van der Waals surface area contributed by atoms with Crippen molar-refractivity contribution in [3.63, 3.8) is 0 Å². The molecule has 0 bridgehead atoms. The highest BCUT2D eigenvalue weighted by atomic mass is 16.5. The number of piperazine rings is 1. The SMILES string of the molecule is CCOC(=O)C1=C(CN2CCN(Cc3ccccc3)CC2)NC(=O)N[C@@H]1c1cccc(OC)c1OC. The number of methoxy groups -OCH3 is 2. The highest BCUT2D eigenvalue weighted by molar-refractivity contribution is 5.95. The van der Waals surface area contributed by atoms with Crippen LogP contribution >= 0.6 is 0 Å². The van der Waals surface area contributed by atoms with E-state index in [0.29, 0.717) is 34.9 Å². The van der Waals surface area contributed by atoms with Gasteiger partial charge in [0.25, 0.3) is 0 Å². The summed E-state index contributed by atoms with van der Waals surface area (Å²) >= 11 is 0. The molecule has 9 nitrogen and oxygen atoms in total. The molecule has 2 aromatic carbocycles. The number of hydrogen-bond acceptors (Lipinski definition) is 7. The zero-order valence-corrected chi connectivity index (χ0v) is 21.1. The quantitative estimate of drug-likeness (QED) is 0.518. The molecule has 2 aliphatic rings. The number of benzene rings is 2. The van der Waals surface area contributed by atoms with Crippen molar-refractivity contribution >= 4 is 12.0 Å². The van der Waals surface area contributed by atoms with Crippen LogP contribution in [0.4, 0.5) is 4.79 Å². The second kappa shape index (κ2) is 11.9. The molecule has 2 amide bonds. The monoisotopic (exact) mass is 494 g/mol. The average Bonchev–Trinajstić information content (AvgIpc) is 2.89. The Bertz CT molecular complexity index is 1100. The van der Waals surface area contributed by atoms with Gasteiger partial charge < -0.3 is 24.8 Å². The minimum Gasteiger partial charge on any atom is -0.493 e. The average molecular weight is 495 g/mol. The van der Waals surface area contributed by atoms with Crippen LogP contribution in [0.1, 0.15) is 24.1 Å². The summed E-state index contributed by atoms with van der Waals surface area (Å²) in [7, 11) is 3.08. The van der Waals surface area contributed by atoms with Crippen LogP contribution in [0.25, 0.3) is 0 Å². The number of hydrogen-bond donors (Lipinski definition) is 2. The van der Waals surface area contributed by atoms with E-state index in [-0.39, 0.29) is 12.6 Å². The molecule has 0 spiro atoms. The van der Waals surface area contributed by atoms with Gasteiger partial charge in [-0.15, -0.1) is 0 Å². The van der Waals surface area contributed by atoms with Crippen LogP contribution in [-0.2, 0) is 16.1 Å². The number of esters is 1. The van der Waals surface area contributed by atoms with Gasteiger partial charge in [-0.05, 0) is 18.6 Å². The molecule has 0 unspecified atom stereocenters. The molecule has 2 heterocycles. The first-order chi connectivity index (χ1) is 17.5. The summed E-state index contributed by atoms with van der Waals surface area (Å²) in [6.45, 7) is 6.77. The van der Waals surface area contributed by atoms with Gasteiger partial charge in [-0.3, -0.25) is 9.80 Å². The third kappa shape index (κ3) is 5.80. The van der Waals surface area contributed by atoms with E-state index in [1.54, 1.807) is 26.2 Å². The number of rotatable bonds is 9. The van der Waals surface area contributed by atoms with Crippen molar-refractivity contribution < 1.29 is 23.8 Å². The Morgan fingerprint density at radius 3 is 2.28 bits per heavy atom. The maximum Gasteiger partial charge on any atom is 0.338 e. The third-order valence-corrected chi connectivity index (χ3v) is 6.49. The van der Waals surface area contributed by atoms with Crippen LogP contribution in [0.15, 0.2) is 59.8 Å². The Balaban J connectivity index is 1.58. The highest BCUT2D eigenvalue weighted by Gasteiger charge is 2.36. The Morgan fingerprint density at radius 2 is 1.64 bits per heavy atom. The maximum atomic E-state index is 13.2. The number of para-hydroxylation sites is 1. The van der Waals surface area contributed by atoms with Gasteiger partial charge in [-0.25, -0.2) is 9.59 Å². The Kier molecular flexibility index (Phi) is 8.45. The molecule has 2 aliphatic heterocycles. The van der Waals surface area contributed by atoms with Gasteiger partial charge in [0.15, 0.2) is 11.5 Å². The van der Waals surface area contributed by atoms with E-state index in [1.807, 2.05) is 12.1 Å². The van der Waals surface area contributed by atoms with E-state index >= 15 is 0 Å². The molecular formula is C27H34N4O5. The van der Waals surface area contributed by atoms with Gasteiger partial charge in [0.1, 0.15) is 0 Å².